The minimum atomic E-state index is 0.600. The third-order valence-electron chi connectivity index (χ3n) is 4.77. The Bertz CT molecular complexity index is 760. The second kappa shape index (κ2) is 8.27. The number of benzene rings is 1. The van der Waals surface area contributed by atoms with Crippen LogP contribution in [0.4, 0.5) is 23.0 Å². The highest BCUT2D eigenvalue weighted by atomic mass is 15.2. The third-order valence-corrected chi connectivity index (χ3v) is 4.77. The van der Waals surface area contributed by atoms with Crippen LogP contribution in [0.5, 0.6) is 0 Å². The minimum Gasteiger partial charge on any atom is -0.369 e. The summed E-state index contributed by atoms with van der Waals surface area (Å²) >= 11 is 0. The van der Waals surface area contributed by atoms with Gasteiger partial charge >= 0.3 is 0 Å². The fourth-order valence-corrected chi connectivity index (χ4v) is 2.86. The molecule has 0 amide bonds. The molecule has 1 aromatic carbocycles. The quantitative estimate of drug-likeness (QED) is 0.830. The molecule has 1 aliphatic rings. The summed E-state index contributed by atoms with van der Waals surface area (Å²) in [5.41, 5.74) is 5.05. The van der Waals surface area contributed by atoms with E-state index in [4.69, 9.17) is 0 Å². The van der Waals surface area contributed by atoms with Crippen molar-refractivity contribution in [1.82, 2.24) is 14.9 Å². The maximum Gasteiger partial charge on any atom is 0.227 e. The number of nitrogens with one attached hydrogen (secondary N) is 1. The molecule has 1 N–H and O–H groups in total. The number of rotatable bonds is 5. The zero-order valence-corrected chi connectivity index (χ0v) is 16.2. The van der Waals surface area contributed by atoms with Crippen molar-refractivity contribution in [3.63, 3.8) is 0 Å². The molecule has 0 aliphatic carbocycles. The van der Waals surface area contributed by atoms with E-state index in [2.05, 4.69) is 68.3 Å². The smallest absolute Gasteiger partial charge is 0.227 e. The predicted molar refractivity (Wildman–Crippen MR) is 109 cm³/mol. The summed E-state index contributed by atoms with van der Waals surface area (Å²) in [4.78, 5) is 18.3. The monoisotopic (exact) mass is 352 g/mol. The molecule has 6 heteroatoms. The molecule has 0 unspecified atom stereocenters. The first-order valence-electron chi connectivity index (χ1n) is 9.23. The molecule has 138 valence electrons. The molecule has 1 saturated heterocycles. The van der Waals surface area contributed by atoms with E-state index in [0.29, 0.717) is 5.95 Å². The van der Waals surface area contributed by atoms with Crippen LogP contribution in [0.2, 0.25) is 0 Å². The summed E-state index contributed by atoms with van der Waals surface area (Å²) in [5, 5.41) is 3.28. The first-order chi connectivity index (χ1) is 12.5. The van der Waals surface area contributed by atoms with Crippen LogP contribution < -0.4 is 10.2 Å². The number of aryl methyl sites for hydroxylation is 1. The van der Waals surface area contributed by atoms with Crippen molar-refractivity contribution in [2.45, 2.75) is 27.2 Å². The van der Waals surface area contributed by atoms with Crippen LogP contribution in [0.25, 0.3) is 0 Å². The van der Waals surface area contributed by atoms with Crippen molar-refractivity contribution >= 4 is 28.7 Å². The standard InChI is InChI=1S/C20H28N6/c1-5-15(2)22-19-14-21-20(23-16(19)3)24-17-6-8-18(9-7-17)26-12-10-25(4)11-13-26/h6-9,14H,5,10-13H2,1-4H3,(H,21,23,24). The van der Waals surface area contributed by atoms with Gasteiger partial charge in [-0.15, -0.1) is 0 Å². The van der Waals surface area contributed by atoms with Gasteiger partial charge in [0.1, 0.15) is 5.69 Å². The third kappa shape index (κ3) is 4.58. The molecule has 2 aromatic rings. The lowest BCUT2D eigenvalue weighted by molar-refractivity contribution is 0.313. The Kier molecular flexibility index (Phi) is 5.83. The van der Waals surface area contributed by atoms with E-state index in [1.165, 1.54) is 5.69 Å². The number of hydrogen-bond donors (Lipinski definition) is 1. The van der Waals surface area contributed by atoms with E-state index in [0.717, 1.165) is 55.4 Å². The van der Waals surface area contributed by atoms with Gasteiger partial charge in [0.25, 0.3) is 0 Å². The van der Waals surface area contributed by atoms with Gasteiger partial charge in [-0.3, -0.25) is 4.99 Å². The van der Waals surface area contributed by atoms with E-state index in [1.807, 2.05) is 13.8 Å². The Morgan fingerprint density at radius 1 is 1.15 bits per heavy atom. The van der Waals surface area contributed by atoms with Crippen LogP contribution in [0.1, 0.15) is 26.0 Å². The van der Waals surface area contributed by atoms with Crippen molar-refractivity contribution in [3.8, 4) is 0 Å². The summed E-state index contributed by atoms with van der Waals surface area (Å²) in [7, 11) is 2.17. The Morgan fingerprint density at radius 2 is 1.85 bits per heavy atom. The van der Waals surface area contributed by atoms with Gasteiger partial charge in [0, 0.05) is 43.3 Å². The molecule has 26 heavy (non-hydrogen) atoms. The van der Waals surface area contributed by atoms with Crippen molar-refractivity contribution in [2.24, 2.45) is 4.99 Å². The van der Waals surface area contributed by atoms with Crippen LogP contribution in [-0.2, 0) is 0 Å². The summed E-state index contributed by atoms with van der Waals surface area (Å²) in [6.45, 7) is 10.4. The first-order valence-corrected chi connectivity index (χ1v) is 9.23. The molecule has 6 nitrogen and oxygen atoms in total. The zero-order valence-electron chi connectivity index (χ0n) is 16.2. The highest BCUT2D eigenvalue weighted by Crippen LogP contribution is 2.22. The van der Waals surface area contributed by atoms with Gasteiger partial charge in [0.15, 0.2) is 0 Å². The SMILES string of the molecule is CCC(C)=Nc1cnc(Nc2ccc(N3CCN(C)CC3)cc2)nc1C. The van der Waals surface area contributed by atoms with E-state index >= 15 is 0 Å². The van der Waals surface area contributed by atoms with Gasteiger partial charge in [0.05, 0.1) is 11.9 Å². The molecule has 1 aliphatic heterocycles. The van der Waals surface area contributed by atoms with Crippen molar-refractivity contribution in [2.75, 3.05) is 43.4 Å². The lowest BCUT2D eigenvalue weighted by Gasteiger charge is -2.34. The summed E-state index contributed by atoms with van der Waals surface area (Å²) in [6, 6.07) is 8.48. The molecule has 0 bridgehead atoms. The van der Waals surface area contributed by atoms with E-state index in [9.17, 15) is 0 Å². The molecule has 0 atom stereocenters. The van der Waals surface area contributed by atoms with Gasteiger partial charge in [-0.25, -0.2) is 9.97 Å². The summed E-state index contributed by atoms with van der Waals surface area (Å²) < 4.78 is 0. The molecule has 3 rings (SSSR count). The Labute approximate surface area is 156 Å². The molecule has 1 aromatic heterocycles. The molecule has 0 radical (unpaired) electrons. The van der Waals surface area contributed by atoms with E-state index in [1.54, 1.807) is 6.20 Å². The number of aliphatic imine (C=N–C) groups is 1. The number of piperazine rings is 1. The lowest BCUT2D eigenvalue weighted by atomic mass is 10.2. The van der Waals surface area contributed by atoms with Gasteiger partial charge in [-0.1, -0.05) is 6.92 Å². The van der Waals surface area contributed by atoms with Crippen molar-refractivity contribution < 1.29 is 0 Å². The fraction of sp³-hybridized carbons (Fsp3) is 0.450. The van der Waals surface area contributed by atoms with Crippen molar-refractivity contribution in [1.29, 1.82) is 0 Å². The predicted octanol–water partition coefficient (Wildman–Crippen LogP) is 3.78. The molecule has 2 heterocycles. The van der Waals surface area contributed by atoms with Gasteiger partial charge in [-0.2, -0.15) is 0 Å². The number of likely N-dealkylation sites (N-methyl/N-ethyl adjacent to an activating group) is 1. The topological polar surface area (TPSA) is 56.7 Å². The maximum atomic E-state index is 4.55. The average molecular weight is 352 g/mol. The Balaban J connectivity index is 1.66. The number of nitrogens with zero attached hydrogens (tertiary/aromatic N) is 5. The first kappa shape index (κ1) is 18.3. The van der Waals surface area contributed by atoms with Crippen LogP contribution in [-0.4, -0.2) is 53.8 Å². The number of anilines is 3. The lowest BCUT2D eigenvalue weighted by Crippen LogP contribution is -2.44. The Morgan fingerprint density at radius 3 is 2.46 bits per heavy atom. The van der Waals surface area contributed by atoms with Crippen LogP contribution >= 0.6 is 0 Å². The number of hydrogen-bond acceptors (Lipinski definition) is 6. The normalized spacial score (nSPS) is 16.0. The van der Waals surface area contributed by atoms with Crippen molar-refractivity contribution in [3.05, 3.63) is 36.2 Å². The second-order valence-corrected chi connectivity index (χ2v) is 6.83. The highest BCUT2D eigenvalue weighted by molar-refractivity contribution is 5.84. The summed E-state index contributed by atoms with van der Waals surface area (Å²) in [6.07, 6.45) is 2.71. The van der Waals surface area contributed by atoms with Crippen LogP contribution in [0.15, 0.2) is 35.5 Å². The van der Waals surface area contributed by atoms with Gasteiger partial charge < -0.3 is 15.1 Å². The fourth-order valence-electron chi connectivity index (χ4n) is 2.86. The minimum absolute atomic E-state index is 0.600. The van der Waals surface area contributed by atoms with E-state index in [-0.39, 0.29) is 0 Å². The molecule has 1 fully saturated rings. The molecular formula is C20H28N6. The van der Waals surface area contributed by atoms with E-state index < -0.39 is 0 Å². The number of aromatic nitrogens is 2. The van der Waals surface area contributed by atoms with Gasteiger partial charge in [-0.05, 0) is 51.6 Å². The largest absolute Gasteiger partial charge is 0.369 e. The average Bonchev–Trinajstić information content (AvgIpc) is 2.65. The second-order valence-electron chi connectivity index (χ2n) is 6.83. The van der Waals surface area contributed by atoms with Gasteiger partial charge in [0.2, 0.25) is 5.95 Å². The Hall–Kier alpha value is -2.47. The van der Waals surface area contributed by atoms with Crippen LogP contribution in [0.3, 0.4) is 0 Å². The zero-order chi connectivity index (χ0) is 18.5. The highest BCUT2D eigenvalue weighted by Gasteiger charge is 2.14. The maximum absolute atomic E-state index is 4.55. The molecule has 0 spiro atoms. The van der Waals surface area contributed by atoms with Crippen LogP contribution in [0, 0.1) is 6.92 Å². The molecule has 0 saturated carbocycles. The molecular weight excluding hydrogens is 324 g/mol. The summed E-state index contributed by atoms with van der Waals surface area (Å²) in [5.74, 6) is 0.600.